The summed E-state index contributed by atoms with van der Waals surface area (Å²) in [6.45, 7) is 3.25. The van der Waals surface area contributed by atoms with Crippen LogP contribution < -0.4 is 10.6 Å². The average Bonchev–Trinajstić information content (AvgIpc) is 3.21. The minimum Gasteiger partial charge on any atom is -0.460 e. The predicted molar refractivity (Wildman–Crippen MR) is 79.4 cm³/mol. The van der Waals surface area contributed by atoms with E-state index in [0.717, 1.165) is 24.2 Å². The molecule has 0 spiro atoms. The lowest BCUT2D eigenvalue weighted by Gasteiger charge is -2.22. The van der Waals surface area contributed by atoms with Crippen LogP contribution in [0.15, 0.2) is 22.9 Å². The average molecular weight is 286 g/mol. The molecule has 2 aromatic rings. The summed E-state index contributed by atoms with van der Waals surface area (Å²) in [6.07, 6.45) is 4.43. The van der Waals surface area contributed by atoms with E-state index in [-0.39, 0.29) is 11.9 Å². The van der Waals surface area contributed by atoms with Crippen molar-refractivity contribution in [3.05, 3.63) is 24.2 Å². The van der Waals surface area contributed by atoms with Crippen LogP contribution in [0.5, 0.6) is 0 Å². The van der Waals surface area contributed by atoms with Crippen molar-refractivity contribution in [2.45, 2.75) is 12.5 Å². The molecule has 0 radical (unpaired) electrons. The molecule has 6 nitrogen and oxygen atoms in total. The summed E-state index contributed by atoms with van der Waals surface area (Å²) in [6, 6.07) is 2.05. The summed E-state index contributed by atoms with van der Waals surface area (Å²) in [5.74, 6) is 0.498. The highest BCUT2D eigenvalue weighted by molar-refractivity contribution is 5.98. The van der Waals surface area contributed by atoms with Gasteiger partial charge >= 0.3 is 0 Å². The number of nitrogens with zero attached hydrogens (tertiary/aromatic N) is 2. The van der Waals surface area contributed by atoms with E-state index in [1.807, 2.05) is 7.05 Å². The molecule has 0 saturated carbocycles. The molecular formula is C15H18N4O2. The topological polar surface area (TPSA) is 70.4 Å². The van der Waals surface area contributed by atoms with Crippen LogP contribution >= 0.6 is 0 Å². The summed E-state index contributed by atoms with van der Waals surface area (Å²) >= 11 is 0. The third-order valence-electron chi connectivity index (χ3n) is 4.61. The molecule has 6 heteroatoms. The summed E-state index contributed by atoms with van der Waals surface area (Å²) < 4.78 is 5.38. The molecule has 3 atom stereocenters. The second-order valence-corrected chi connectivity index (χ2v) is 5.85. The van der Waals surface area contributed by atoms with Gasteiger partial charge in [-0.3, -0.25) is 4.79 Å². The van der Waals surface area contributed by atoms with Crippen LogP contribution in [0, 0.1) is 5.92 Å². The molecule has 4 rings (SSSR count). The number of hydrogen-bond acceptors (Lipinski definition) is 5. The van der Waals surface area contributed by atoms with Crippen molar-refractivity contribution in [3.8, 4) is 0 Å². The molecule has 2 aromatic heterocycles. The number of anilines is 1. The Morgan fingerprint density at radius 1 is 1.48 bits per heavy atom. The molecule has 21 heavy (non-hydrogen) atoms. The lowest BCUT2D eigenvalue weighted by molar-refractivity contribution is 0.0919. The number of fused-ring (bicyclic) bond motifs is 3. The van der Waals surface area contributed by atoms with Crippen molar-refractivity contribution < 1.29 is 9.21 Å². The Hall–Kier alpha value is -2.08. The molecule has 2 fully saturated rings. The summed E-state index contributed by atoms with van der Waals surface area (Å²) in [4.78, 5) is 19.0. The first-order valence-electron chi connectivity index (χ1n) is 7.33. The fourth-order valence-electron chi connectivity index (χ4n) is 3.44. The van der Waals surface area contributed by atoms with Crippen LogP contribution in [0.4, 0.5) is 5.69 Å². The van der Waals surface area contributed by atoms with Crippen LogP contribution in [-0.4, -0.2) is 48.5 Å². The zero-order valence-corrected chi connectivity index (χ0v) is 11.9. The van der Waals surface area contributed by atoms with Gasteiger partial charge in [-0.1, -0.05) is 0 Å². The van der Waals surface area contributed by atoms with Crippen molar-refractivity contribution in [1.29, 1.82) is 0 Å². The Balaban J connectivity index is 1.56. The summed E-state index contributed by atoms with van der Waals surface area (Å²) in [5, 5.41) is 7.06. The van der Waals surface area contributed by atoms with E-state index in [2.05, 4.69) is 20.5 Å². The van der Waals surface area contributed by atoms with E-state index in [1.165, 1.54) is 13.0 Å². The van der Waals surface area contributed by atoms with Gasteiger partial charge in [0.15, 0.2) is 5.58 Å². The Labute approximate surface area is 122 Å². The minimum atomic E-state index is -0.0982. The number of rotatable bonds is 3. The van der Waals surface area contributed by atoms with Gasteiger partial charge in [0.1, 0.15) is 12.0 Å². The van der Waals surface area contributed by atoms with Crippen molar-refractivity contribution in [2.75, 3.05) is 32.0 Å². The third-order valence-corrected chi connectivity index (χ3v) is 4.61. The lowest BCUT2D eigenvalue weighted by Crippen LogP contribution is -2.43. The van der Waals surface area contributed by atoms with Gasteiger partial charge in [0.2, 0.25) is 0 Å². The standard InChI is InChI=1S/C15H18N4O2/c1-16-13-8-21-14-5-17-11(4-10(13)14)15(20)18-12-7-19-3-2-9(12)6-19/h4-5,8-9,12,16H,2-3,6-7H2,1H3,(H,18,20)/t9-,12?/m0/s1. The third kappa shape index (κ3) is 2.06. The van der Waals surface area contributed by atoms with Gasteiger partial charge in [0.05, 0.1) is 11.9 Å². The van der Waals surface area contributed by atoms with Crippen LogP contribution in [-0.2, 0) is 0 Å². The van der Waals surface area contributed by atoms with Crippen molar-refractivity contribution in [2.24, 2.45) is 5.92 Å². The van der Waals surface area contributed by atoms with E-state index >= 15 is 0 Å². The Kier molecular flexibility index (Phi) is 2.85. The van der Waals surface area contributed by atoms with Gasteiger partial charge < -0.3 is 20.0 Å². The number of hydrogen-bond donors (Lipinski definition) is 2. The molecule has 2 unspecified atom stereocenters. The normalized spacial score (nSPS) is 27.2. The maximum absolute atomic E-state index is 12.4. The molecule has 4 heterocycles. The molecule has 0 aliphatic carbocycles. The molecule has 1 amide bonds. The highest BCUT2D eigenvalue weighted by atomic mass is 16.3. The molecule has 2 saturated heterocycles. The molecule has 2 N–H and O–H groups in total. The van der Waals surface area contributed by atoms with Gasteiger partial charge in [0, 0.05) is 31.6 Å². The van der Waals surface area contributed by atoms with Gasteiger partial charge in [-0.2, -0.15) is 0 Å². The van der Waals surface area contributed by atoms with E-state index in [4.69, 9.17) is 4.42 Å². The maximum Gasteiger partial charge on any atom is 0.270 e. The first-order valence-corrected chi connectivity index (χ1v) is 7.33. The van der Waals surface area contributed by atoms with Crippen LogP contribution in [0.3, 0.4) is 0 Å². The number of aromatic nitrogens is 1. The fraction of sp³-hybridized carbons (Fsp3) is 0.467. The van der Waals surface area contributed by atoms with Gasteiger partial charge in [0.25, 0.3) is 5.91 Å². The van der Waals surface area contributed by atoms with Crippen LogP contribution in [0.1, 0.15) is 16.9 Å². The lowest BCUT2D eigenvalue weighted by atomic mass is 10.00. The minimum absolute atomic E-state index is 0.0982. The van der Waals surface area contributed by atoms with Crippen LogP contribution in [0.25, 0.3) is 11.0 Å². The molecule has 2 aliphatic heterocycles. The van der Waals surface area contributed by atoms with E-state index < -0.39 is 0 Å². The van der Waals surface area contributed by atoms with Crippen molar-refractivity contribution in [1.82, 2.24) is 15.2 Å². The largest absolute Gasteiger partial charge is 0.460 e. The molecule has 2 bridgehead atoms. The van der Waals surface area contributed by atoms with Crippen molar-refractivity contribution >= 4 is 22.6 Å². The van der Waals surface area contributed by atoms with Gasteiger partial charge in [-0.15, -0.1) is 0 Å². The van der Waals surface area contributed by atoms with E-state index in [1.54, 1.807) is 18.5 Å². The number of piperidine rings is 1. The monoisotopic (exact) mass is 286 g/mol. The zero-order valence-electron chi connectivity index (χ0n) is 11.9. The summed E-state index contributed by atoms with van der Waals surface area (Å²) in [5.41, 5.74) is 1.99. The van der Waals surface area contributed by atoms with E-state index in [9.17, 15) is 4.79 Å². The molecule has 0 aromatic carbocycles. The Bertz CT molecular complexity index is 696. The highest BCUT2D eigenvalue weighted by Gasteiger charge is 2.38. The second kappa shape index (κ2) is 4.73. The smallest absolute Gasteiger partial charge is 0.270 e. The number of amides is 1. The van der Waals surface area contributed by atoms with Gasteiger partial charge in [-0.25, -0.2) is 4.98 Å². The quantitative estimate of drug-likeness (QED) is 0.890. The Morgan fingerprint density at radius 3 is 3.10 bits per heavy atom. The van der Waals surface area contributed by atoms with Crippen molar-refractivity contribution in [3.63, 3.8) is 0 Å². The number of carbonyl (C=O) groups excluding carboxylic acids is 1. The SMILES string of the molecule is CNc1coc2cnc(C(=O)NC3CN4CC[C@H]3C4)cc12. The number of furan rings is 1. The van der Waals surface area contributed by atoms with Gasteiger partial charge in [-0.05, 0) is 24.9 Å². The Morgan fingerprint density at radius 2 is 2.38 bits per heavy atom. The fourth-order valence-corrected chi connectivity index (χ4v) is 3.44. The zero-order chi connectivity index (χ0) is 14.4. The maximum atomic E-state index is 12.4. The number of nitrogens with one attached hydrogen (secondary N) is 2. The number of pyridine rings is 1. The molecule has 2 aliphatic rings. The highest BCUT2D eigenvalue weighted by Crippen LogP contribution is 2.28. The second-order valence-electron chi connectivity index (χ2n) is 5.85. The number of carbonyl (C=O) groups is 1. The molecule has 110 valence electrons. The first kappa shape index (κ1) is 12.6. The predicted octanol–water partition coefficient (Wildman–Crippen LogP) is 1.30. The van der Waals surface area contributed by atoms with E-state index in [0.29, 0.717) is 17.2 Å². The summed E-state index contributed by atoms with van der Waals surface area (Å²) in [7, 11) is 1.83. The van der Waals surface area contributed by atoms with Crippen LogP contribution in [0.2, 0.25) is 0 Å². The first-order chi connectivity index (χ1) is 10.2. The molecular weight excluding hydrogens is 268 g/mol.